The molecular formula is C21H26F2N4O4. The Morgan fingerprint density at radius 1 is 1.26 bits per heavy atom. The SMILES string of the molecule is CCCCn1c(N)c(N(CCC)C(=O)/C=C/c2ccccc2OC(F)F)c(=O)[nH]c1=O. The lowest BCUT2D eigenvalue weighted by Gasteiger charge is -2.23. The van der Waals surface area contributed by atoms with Gasteiger partial charge in [0.2, 0.25) is 0 Å². The van der Waals surface area contributed by atoms with Gasteiger partial charge in [0, 0.05) is 24.7 Å². The highest BCUT2D eigenvalue weighted by atomic mass is 19.3. The number of carbonyl (C=O) groups excluding carboxylic acids is 1. The summed E-state index contributed by atoms with van der Waals surface area (Å²) < 4.78 is 30.9. The van der Waals surface area contributed by atoms with Crippen LogP contribution in [0.3, 0.4) is 0 Å². The van der Waals surface area contributed by atoms with E-state index in [9.17, 15) is 23.2 Å². The van der Waals surface area contributed by atoms with Gasteiger partial charge in [-0.05, 0) is 25.0 Å². The molecular weight excluding hydrogens is 410 g/mol. The number of alkyl halides is 2. The Morgan fingerprint density at radius 2 is 1.97 bits per heavy atom. The van der Waals surface area contributed by atoms with Gasteiger partial charge >= 0.3 is 12.3 Å². The van der Waals surface area contributed by atoms with Gasteiger partial charge in [0.15, 0.2) is 5.69 Å². The van der Waals surface area contributed by atoms with Crippen LogP contribution >= 0.6 is 0 Å². The summed E-state index contributed by atoms with van der Waals surface area (Å²) in [4.78, 5) is 40.9. The second kappa shape index (κ2) is 11.1. The normalized spacial score (nSPS) is 11.3. The van der Waals surface area contributed by atoms with Gasteiger partial charge in [-0.1, -0.05) is 38.5 Å². The topological polar surface area (TPSA) is 110 Å². The van der Waals surface area contributed by atoms with Crippen molar-refractivity contribution in [1.82, 2.24) is 9.55 Å². The molecule has 8 nitrogen and oxygen atoms in total. The zero-order valence-electron chi connectivity index (χ0n) is 17.4. The van der Waals surface area contributed by atoms with Crippen LogP contribution in [0.1, 0.15) is 38.7 Å². The maximum atomic E-state index is 12.9. The Kier molecular flexibility index (Phi) is 8.53. The molecule has 0 atom stereocenters. The van der Waals surface area contributed by atoms with Crippen LogP contribution in [-0.4, -0.2) is 28.6 Å². The number of rotatable bonds is 10. The number of carbonyl (C=O) groups is 1. The van der Waals surface area contributed by atoms with Gasteiger partial charge in [0.05, 0.1) is 0 Å². The summed E-state index contributed by atoms with van der Waals surface area (Å²) in [6.45, 7) is 1.21. The number of hydrogen-bond acceptors (Lipinski definition) is 5. The van der Waals surface area contributed by atoms with Gasteiger partial charge in [0.25, 0.3) is 11.5 Å². The molecule has 0 aliphatic heterocycles. The predicted octanol–water partition coefficient (Wildman–Crippen LogP) is 2.98. The van der Waals surface area contributed by atoms with E-state index < -0.39 is 23.8 Å². The molecule has 3 N–H and O–H groups in total. The molecule has 0 spiro atoms. The number of ether oxygens (including phenoxy) is 1. The summed E-state index contributed by atoms with van der Waals surface area (Å²) in [5.41, 5.74) is 4.83. The van der Waals surface area contributed by atoms with Crippen molar-refractivity contribution in [3.8, 4) is 5.75 Å². The Morgan fingerprint density at radius 3 is 2.61 bits per heavy atom. The number of benzene rings is 1. The van der Waals surface area contributed by atoms with Crippen molar-refractivity contribution in [2.75, 3.05) is 17.2 Å². The summed E-state index contributed by atoms with van der Waals surface area (Å²) in [5.74, 6) is -0.778. The van der Waals surface area contributed by atoms with Crippen molar-refractivity contribution in [2.24, 2.45) is 0 Å². The highest BCUT2D eigenvalue weighted by Gasteiger charge is 2.22. The van der Waals surface area contributed by atoms with Crippen molar-refractivity contribution in [3.05, 3.63) is 56.7 Å². The lowest BCUT2D eigenvalue weighted by molar-refractivity contribution is -0.114. The van der Waals surface area contributed by atoms with E-state index in [2.05, 4.69) is 9.72 Å². The van der Waals surface area contributed by atoms with Crippen molar-refractivity contribution < 1.29 is 18.3 Å². The molecule has 168 valence electrons. The quantitative estimate of drug-likeness (QED) is 0.557. The molecule has 0 bridgehead atoms. The van der Waals surface area contributed by atoms with Crippen LogP contribution in [-0.2, 0) is 11.3 Å². The second-order valence-corrected chi connectivity index (χ2v) is 6.74. The zero-order valence-corrected chi connectivity index (χ0v) is 17.4. The maximum Gasteiger partial charge on any atom is 0.387 e. The molecule has 0 fully saturated rings. The van der Waals surface area contributed by atoms with Crippen molar-refractivity contribution in [2.45, 2.75) is 46.3 Å². The highest BCUT2D eigenvalue weighted by Crippen LogP contribution is 2.23. The number of aromatic nitrogens is 2. The Bertz CT molecular complexity index is 1050. The first-order valence-corrected chi connectivity index (χ1v) is 9.96. The minimum absolute atomic E-state index is 0.0888. The number of nitrogen functional groups attached to an aromatic ring is 1. The van der Waals surface area contributed by atoms with Gasteiger partial charge in [0.1, 0.15) is 11.6 Å². The number of hydrogen-bond donors (Lipinski definition) is 2. The third kappa shape index (κ3) is 6.03. The smallest absolute Gasteiger partial charge is 0.387 e. The van der Waals surface area contributed by atoms with Crippen LogP contribution in [0.25, 0.3) is 6.08 Å². The summed E-state index contributed by atoms with van der Waals surface area (Å²) in [7, 11) is 0. The molecule has 0 saturated heterocycles. The summed E-state index contributed by atoms with van der Waals surface area (Å²) in [5, 5.41) is 0. The molecule has 0 saturated carbocycles. The van der Waals surface area contributed by atoms with Gasteiger partial charge in [-0.15, -0.1) is 0 Å². The number of para-hydroxylation sites is 1. The molecule has 0 aliphatic rings. The fourth-order valence-corrected chi connectivity index (χ4v) is 3.00. The fraction of sp³-hybridized carbons (Fsp3) is 0.381. The molecule has 1 amide bonds. The summed E-state index contributed by atoms with van der Waals surface area (Å²) >= 11 is 0. The number of nitrogens with zero attached hydrogens (tertiary/aromatic N) is 2. The first kappa shape index (κ1) is 23.8. The van der Waals surface area contributed by atoms with Gasteiger partial charge in [-0.25, -0.2) is 4.79 Å². The number of nitrogens with two attached hydrogens (primary N) is 1. The molecule has 1 heterocycles. The fourth-order valence-electron chi connectivity index (χ4n) is 3.00. The van der Waals surface area contributed by atoms with Crippen LogP contribution in [0.15, 0.2) is 39.9 Å². The summed E-state index contributed by atoms with van der Waals surface area (Å²) in [6.07, 6.45) is 4.44. The molecule has 0 aliphatic carbocycles. The average molecular weight is 436 g/mol. The van der Waals surface area contributed by atoms with E-state index in [1.165, 1.54) is 33.7 Å². The third-order valence-electron chi connectivity index (χ3n) is 4.47. The van der Waals surface area contributed by atoms with Crippen LogP contribution in [0.4, 0.5) is 20.3 Å². The number of amides is 1. The van der Waals surface area contributed by atoms with Crippen LogP contribution in [0.2, 0.25) is 0 Å². The van der Waals surface area contributed by atoms with Gasteiger partial charge in [-0.2, -0.15) is 8.78 Å². The minimum atomic E-state index is -3.01. The number of aromatic amines is 1. The van der Waals surface area contributed by atoms with Crippen molar-refractivity contribution in [3.63, 3.8) is 0 Å². The third-order valence-corrected chi connectivity index (χ3v) is 4.47. The maximum absolute atomic E-state index is 12.9. The zero-order chi connectivity index (χ0) is 23.0. The van der Waals surface area contributed by atoms with E-state index in [1.807, 2.05) is 13.8 Å². The van der Waals surface area contributed by atoms with Crippen molar-refractivity contribution >= 4 is 23.5 Å². The number of unbranched alkanes of at least 4 members (excludes halogenated alkanes) is 1. The number of halogens is 2. The molecule has 1 aromatic heterocycles. The first-order chi connectivity index (χ1) is 14.8. The molecule has 2 aromatic rings. The van der Waals surface area contributed by atoms with E-state index in [4.69, 9.17) is 5.73 Å². The van der Waals surface area contributed by atoms with E-state index in [0.717, 1.165) is 12.5 Å². The molecule has 0 unspecified atom stereocenters. The molecule has 10 heteroatoms. The van der Waals surface area contributed by atoms with Crippen LogP contribution in [0.5, 0.6) is 5.75 Å². The highest BCUT2D eigenvalue weighted by molar-refractivity contribution is 6.05. The number of nitrogens with one attached hydrogen (secondary N) is 1. The first-order valence-electron chi connectivity index (χ1n) is 9.96. The van der Waals surface area contributed by atoms with Crippen molar-refractivity contribution in [1.29, 1.82) is 0 Å². The minimum Gasteiger partial charge on any atom is -0.434 e. The van der Waals surface area contributed by atoms with E-state index >= 15 is 0 Å². The van der Waals surface area contributed by atoms with E-state index in [0.29, 0.717) is 19.4 Å². The van der Waals surface area contributed by atoms with E-state index in [-0.39, 0.29) is 29.4 Å². The summed E-state index contributed by atoms with van der Waals surface area (Å²) in [6, 6.07) is 6.00. The number of anilines is 2. The van der Waals surface area contributed by atoms with Crippen LogP contribution < -0.4 is 26.6 Å². The van der Waals surface area contributed by atoms with E-state index in [1.54, 1.807) is 6.07 Å². The Labute approximate surface area is 177 Å². The van der Waals surface area contributed by atoms with Gasteiger partial charge < -0.3 is 15.4 Å². The standard InChI is InChI=1S/C21H26F2N4O4/c1-3-5-13-27-18(24)17(19(29)25-21(27)30)26(12-4-2)16(28)11-10-14-8-6-7-9-15(14)31-20(22)23/h6-11,20H,3-5,12-13,24H2,1-2H3,(H,25,29,30)/b11-10+. The molecule has 0 radical (unpaired) electrons. The Balaban J connectivity index is 2.43. The second-order valence-electron chi connectivity index (χ2n) is 6.74. The largest absolute Gasteiger partial charge is 0.434 e. The predicted molar refractivity (Wildman–Crippen MR) is 115 cm³/mol. The molecule has 31 heavy (non-hydrogen) atoms. The monoisotopic (exact) mass is 436 g/mol. The Hall–Kier alpha value is -3.43. The average Bonchev–Trinajstić information content (AvgIpc) is 2.71. The lowest BCUT2D eigenvalue weighted by Crippen LogP contribution is -2.41. The number of H-pyrrole nitrogens is 1. The van der Waals surface area contributed by atoms with Gasteiger partial charge in [-0.3, -0.25) is 19.1 Å². The molecule has 2 rings (SSSR count). The van der Waals surface area contributed by atoms with Crippen LogP contribution in [0, 0.1) is 0 Å². The molecule has 1 aromatic carbocycles. The lowest BCUT2D eigenvalue weighted by atomic mass is 10.2.